The maximum atomic E-state index is 11.9. The molecule has 6 heteroatoms. The number of thiocarbonyl (C=S) groups is 1. The Morgan fingerprint density at radius 1 is 1.04 bits per heavy atom. The molecule has 0 fully saturated rings. The molecule has 0 bridgehead atoms. The molecule has 0 heterocycles. The Hall–Kier alpha value is -2.60. The number of benzene rings is 2. The van der Waals surface area contributed by atoms with Crippen LogP contribution in [0.4, 0.5) is 11.4 Å². The highest BCUT2D eigenvalue weighted by Crippen LogP contribution is 2.15. The second-order valence-corrected chi connectivity index (χ2v) is 7.33. The second-order valence-electron chi connectivity index (χ2n) is 6.93. The number of hydrogen-bond donors (Lipinski definition) is 2. The van der Waals surface area contributed by atoms with E-state index < -0.39 is 0 Å². The van der Waals surface area contributed by atoms with Gasteiger partial charge in [0, 0.05) is 50.7 Å². The summed E-state index contributed by atoms with van der Waals surface area (Å²) in [6.07, 6.45) is 0.986. The lowest BCUT2D eigenvalue weighted by Crippen LogP contribution is -2.32. The molecule has 0 radical (unpaired) electrons. The van der Waals surface area contributed by atoms with Crippen molar-refractivity contribution < 1.29 is 4.79 Å². The fourth-order valence-electron chi connectivity index (χ4n) is 2.83. The van der Waals surface area contributed by atoms with E-state index in [0.717, 1.165) is 31.7 Å². The van der Waals surface area contributed by atoms with Crippen molar-refractivity contribution in [3.8, 4) is 0 Å². The average Bonchev–Trinajstić information content (AvgIpc) is 2.69. The number of hydrogen-bond acceptors (Lipinski definition) is 3. The highest BCUT2D eigenvalue weighted by atomic mass is 32.1. The molecule has 0 atom stereocenters. The van der Waals surface area contributed by atoms with Gasteiger partial charge in [-0.2, -0.15) is 0 Å². The summed E-state index contributed by atoms with van der Waals surface area (Å²) in [6.45, 7) is 7.02. The van der Waals surface area contributed by atoms with Gasteiger partial charge in [0.15, 0.2) is 5.11 Å². The summed E-state index contributed by atoms with van der Waals surface area (Å²) in [5, 5.41) is 6.99. The zero-order valence-electron chi connectivity index (χ0n) is 17.2. The Bertz CT molecular complexity index is 772. The number of amides is 1. The van der Waals surface area contributed by atoms with Crippen LogP contribution in [-0.2, 0) is 0 Å². The summed E-state index contributed by atoms with van der Waals surface area (Å²) in [5.41, 5.74) is 4.05. The van der Waals surface area contributed by atoms with Crippen LogP contribution in [0.1, 0.15) is 29.3 Å². The van der Waals surface area contributed by atoms with Crippen molar-refractivity contribution in [3.63, 3.8) is 0 Å². The summed E-state index contributed by atoms with van der Waals surface area (Å²) < 4.78 is 0. The summed E-state index contributed by atoms with van der Waals surface area (Å²) in [7, 11) is 3.48. The SMILES string of the molecule is CCN(CCCNC(=S)Nc1ccc(C(=O)N(C)C)cc1)c1ccc(C)cc1. The molecule has 1 amide bonds. The number of nitrogens with one attached hydrogen (secondary N) is 2. The van der Waals surface area contributed by atoms with Crippen molar-refractivity contribution in [1.29, 1.82) is 0 Å². The van der Waals surface area contributed by atoms with E-state index in [9.17, 15) is 4.79 Å². The molecule has 0 aliphatic carbocycles. The van der Waals surface area contributed by atoms with E-state index in [0.29, 0.717) is 10.7 Å². The smallest absolute Gasteiger partial charge is 0.253 e. The maximum absolute atomic E-state index is 11.9. The quantitative estimate of drug-likeness (QED) is 0.522. The van der Waals surface area contributed by atoms with Gasteiger partial charge in [-0.05, 0) is 68.9 Å². The van der Waals surface area contributed by atoms with Crippen molar-refractivity contribution in [3.05, 3.63) is 59.7 Å². The lowest BCUT2D eigenvalue weighted by atomic mass is 10.2. The molecular formula is C22H30N4OS. The summed E-state index contributed by atoms with van der Waals surface area (Å²) >= 11 is 5.37. The second kappa shape index (κ2) is 10.7. The first-order chi connectivity index (χ1) is 13.4. The molecule has 0 saturated carbocycles. The topological polar surface area (TPSA) is 47.6 Å². The number of anilines is 2. The highest BCUT2D eigenvalue weighted by molar-refractivity contribution is 7.80. The summed E-state index contributed by atoms with van der Waals surface area (Å²) in [5.74, 6) is -0.0127. The Labute approximate surface area is 173 Å². The van der Waals surface area contributed by atoms with Crippen LogP contribution in [0.15, 0.2) is 48.5 Å². The van der Waals surface area contributed by atoms with E-state index in [2.05, 4.69) is 53.6 Å². The Morgan fingerprint density at radius 3 is 2.25 bits per heavy atom. The van der Waals surface area contributed by atoms with Gasteiger partial charge >= 0.3 is 0 Å². The van der Waals surface area contributed by atoms with Gasteiger partial charge in [0.2, 0.25) is 0 Å². The van der Waals surface area contributed by atoms with Gasteiger partial charge in [-0.3, -0.25) is 4.79 Å². The average molecular weight is 399 g/mol. The molecule has 2 aromatic carbocycles. The third kappa shape index (κ3) is 6.53. The van der Waals surface area contributed by atoms with E-state index in [4.69, 9.17) is 12.2 Å². The molecule has 0 aliphatic heterocycles. The van der Waals surface area contributed by atoms with E-state index >= 15 is 0 Å². The molecule has 0 unspecified atom stereocenters. The molecule has 0 aliphatic rings. The molecule has 0 saturated heterocycles. The minimum Gasteiger partial charge on any atom is -0.372 e. The highest BCUT2D eigenvalue weighted by Gasteiger charge is 2.08. The van der Waals surface area contributed by atoms with Crippen molar-refractivity contribution in [1.82, 2.24) is 10.2 Å². The third-order valence-corrected chi connectivity index (χ3v) is 4.71. The number of carbonyl (C=O) groups excluding carboxylic acids is 1. The Kier molecular flexibility index (Phi) is 8.26. The number of rotatable bonds is 8. The summed E-state index contributed by atoms with van der Waals surface area (Å²) in [4.78, 5) is 15.8. The number of nitrogens with zero attached hydrogens (tertiary/aromatic N) is 2. The first-order valence-corrected chi connectivity index (χ1v) is 9.99. The van der Waals surface area contributed by atoms with Crippen LogP contribution >= 0.6 is 12.2 Å². The Balaban J connectivity index is 1.75. The van der Waals surface area contributed by atoms with E-state index in [1.165, 1.54) is 11.3 Å². The van der Waals surface area contributed by atoms with Crippen LogP contribution in [0.2, 0.25) is 0 Å². The van der Waals surface area contributed by atoms with Gasteiger partial charge in [-0.25, -0.2) is 0 Å². The molecule has 2 rings (SSSR count). The van der Waals surface area contributed by atoms with Gasteiger partial charge < -0.3 is 20.4 Å². The molecule has 28 heavy (non-hydrogen) atoms. The fraction of sp³-hybridized carbons (Fsp3) is 0.364. The fourth-order valence-corrected chi connectivity index (χ4v) is 3.05. The van der Waals surface area contributed by atoms with Gasteiger partial charge in [0.05, 0.1) is 0 Å². The van der Waals surface area contributed by atoms with E-state index in [1.807, 2.05) is 12.1 Å². The van der Waals surface area contributed by atoms with Crippen LogP contribution in [0.3, 0.4) is 0 Å². The monoisotopic (exact) mass is 398 g/mol. The van der Waals surface area contributed by atoms with Gasteiger partial charge in [-0.15, -0.1) is 0 Å². The molecule has 0 spiro atoms. The largest absolute Gasteiger partial charge is 0.372 e. The summed E-state index contributed by atoms with van der Waals surface area (Å²) in [6, 6.07) is 16.0. The van der Waals surface area contributed by atoms with Crippen LogP contribution < -0.4 is 15.5 Å². The van der Waals surface area contributed by atoms with Crippen LogP contribution in [0.25, 0.3) is 0 Å². The third-order valence-electron chi connectivity index (χ3n) is 4.47. The first kappa shape index (κ1) is 21.7. The predicted octanol–water partition coefficient (Wildman–Crippen LogP) is 3.90. The van der Waals surface area contributed by atoms with Crippen LogP contribution in [0.5, 0.6) is 0 Å². The number of aryl methyl sites for hydroxylation is 1. The molecule has 2 N–H and O–H groups in total. The van der Waals surface area contributed by atoms with Crippen molar-refractivity contribution >= 4 is 34.6 Å². The molecule has 5 nitrogen and oxygen atoms in total. The number of carbonyl (C=O) groups is 1. The van der Waals surface area contributed by atoms with E-state index in [-0.39, 0.29) is 5.91 Å². The molecule has 150 valence electrons. The zero-order chi connectivity index (χ0) is 20.5. The minimum atomic E-state index is -0.0127. The van der Waals surface area contributed by atoms with Crippen molar-refractivity contribution in [2.45, 2.75) is 20.3 Å². The van der Waals surface area contributed by atoms with E-state index in [1.54, 1.807) is 31.1 Å². The van der Waals surface area contributed by atoms with Crippen molar-refractivity contribution in [2.75, 3.05) is 43.9 Å². The molecule has 0 aromatic heterocycles. The minimum absolute atomic E-state index is 0.0127. The van der Waals surface area contributed by atoms with Crippen molar-refractivity contribution in [2.24, 2.45) is 0 Å². The zero-order valence-corrected chi connectivity index (χ0v) is 18.0. The maximum Gasteiger partial charge on any atom is 0.253 e. The van der Waals surface area contributed by atoms with Gasteiger partial charge in [-0.1, -0.05) is 17.7 Å². The van der Waals surface area contributed by atoms with Crippen LogP contribution in [-0.4, -0.2) is 49.6 Å². The van der Waals surface area contributed by atoms with Gasteiger partial charge in [0.25, 0.3) is 5.91 Å². The molecule has 2 aromatic rings. The van der Waals surface area contributed by atoms with Crippen LogP contribution in [0, 0.1) is 6.92 Å². The predicted molar refractivity (Wildman–Crippen MR) is 122 cm³/mol. The lowest BCUT2D eigenvalue weighted by molar-refractivity contribution is 0.0827. The standard InChI is InChI=1S/C22H30N4OS/c1-5-26(20-13-7-17(2)8-14-20)16-6-15-23-22(28)24-19-11-9-18(10-12-19)21(27)25(3)4/h7-14H,5-6,15-16H2,1-4H3,(H2,23,24,28). The van der Waals surface area contributed by atoms with Gasteiger partial charge in [0.1, 0.15) is 0 Å². The molecular weight excluding hydrogens is 368 g/mol. The normalized spacial score (nSPS) is 10.3. The first-order valence-electron chi connectivity index (χ1n) is 9.59. The Morgan fingerprint density at radius 2 is 1.68 bits per heavy atom. The lowest BCUT2D eigenvalue weighted by Gasteiger charge is -2.23.